The fourth-order valence-corrected chi connectivity index (χ4v) is 1.23. The van der Waals surface area contributed by atoms with Gasteiger partial charge in [0.15, 0.2) is 5.82 Å². The van der Waals surface area contributed by atoms with Crippen LogP contribution in [0.2, 0.25) is 0 Å². The predicted molar refractivity (Wildman–Crippen MR) is 56.1 cm³/mol. The van der Waals surface area contributed by atoms with Crippen molar-refractivity contribution in [3.63, 3.8) is 0 Å². The first-order chi connectivity index (χ1) is 7.11. The van der Waals surface area contributed by atoms with Gasteiger partial charge in [0.2, 0.25) is 5.95 Å². The third-order valence-electron chi connectivity index (χ3n) is 2.03. The molecule has 0 radical (unpaired) electrons. The minimum absolute atomic E-state index is 0.0619. The minimum Gasteiger partial charge on any atom is -0.505 e. The summed E-state index contributed by atoms with van der Waals surface area (Å²) in [4.78, 5) is 0. The van der Waals surface area contributed by atoms with Crippen molar-refractivity contribution in [1.82, 2.24) is 14.9 Å². The average Bonchev–Trinajstić information content (AvgIpc) is 2.53. The zero-order chi connectivity index (χ0) is 11.0. The van der Waals surface area contributed by atoms with E-state index in [1.54, 1.807) is 18.2 Å². The van der Waals surface area contributed by atoms with Crippen LogP contribution in [0.5, 0.6) is 5.75 Å². The van der Waals surface area contributed by atoms with Gasteiger partial charge in [-0.05, 0) is 12.1 Å². The molecule has 78 valence electrons. The molecule has 2 rings (SSSR count). The van der Waals surface area contributed by atoms with Crippen LogP contribution in [0.1, 0.15) is 0 Å². The average molecular weight is 206 g/mol. The molecular weight excluding hydrogens is 196 g/mol. The molecule has 15 heavy (non-hydrogen) atoms. The molecule has 0 fully saturated rings. The van der Waals surface area contributed by atoms with Gasteiger partial charge < -0.3 is 22.4 Å². The van der Waals surface area contributed by atoms with Crippen LogP contribution in [-0.2, 0) is 0 Å². The number of hydrogen-bond donors (Lipinski definition) is 4. The van der Waals surface area contributed by atoms with Gasteiger partial charge in [-0.1, -0.05) is 6.07 Å². The largest absolute Gasteiger partial charge is 0.505 e. The van der Waals surface area contributed by atoms with Gasteiger partial charge in [-0.2, -0.15) is 0 Å². The molecule has 0 bridgehead atoms. The lowest BCUT2D eigenvalue weighted by molar-refractivity contribution is 0.479. The zero-order valence-electron chi connectivity index (χ0n) is 7.75. The van der Waals surface area contributed by atoms with Crippen molar-refractivity contribution in [1.29, 1.82) is 0 Å². The standard InChI is InChI=1S/C8H10N6O/c9-5-3-1-2-4(6(5)15)7-12-13-8(10)14(7)11/h1-3,15H,9,11H2,(H2,10,13). The Labute approximate surface area is 85.1 Å². The SMILES string of the molecule is Nc1cccc(-c2nnc(N)n2N)c1O. The first kappa shape index (κ1) is 9.13. The quantitative estimate of drug-likeness (QED) is 0.283. The maximum Gasteiger partial charge on any atom is 0.241 e. The number of nitrogens with two attached hydrogens (primary N) is 3. The summed E-state index contributed by atoms with van der Waals surface area (Å²) in [5.41, 5.74) is 11.6. The number of nitrogen functional groups attached to an aromatic ring is 3. The van der Waals surface area contributed by atoms with Crippen LogP contribution >= 0.6 is 0 Å². The van der Waals surface area contributed by atoms with Crippen LogP contribution in [-0.4, -0.2) is 20.0 Å². The Hall–Kier alpha value is -2.44. The molecule has 1 aromatic carbocycles. The van der Waals surface area contributed by atoms with Crippen molar-refractivity contribution in [3.8, 4) is 17.1 Å². The molecule has 0 saturated heterocycles. The number of aromatic hydroxyl groups is 1. The summed E-state index contributed by atoms with van der Waals surface area (Å²) in [5.74, 6) is 5.81. The monoisotopic (exact) mass is 206 g/mol. The Bertz CT molecular complexity index is 506. The van der Waals surface area contributed by atoms with Crippen LogP contribution < -0.4 is 17.3 Å². The molecule has 7 heteroatoms. The third-order valence-corrected chi connectivity index (χ3v) is 2.03. The lowest BCUT2D eigenvalue weighted by Crippen LogP contribution is -2.13. The number of anilines is 2. The van der Waals surface area contributed by atoms with E-state index >= 15 is 0 Å². The van der Waals surface area contributed by atoms with Gasteiger partial charge in [0.25, 0.3) is 0 Å². The molecule has 0 unspecified atom stereocenters. The Balaban J connectivity index is 2.64. The molecular formula is C8H10N6O. The van der Waals surface area contributed by atoms with E-state index < -0.39 is 0 Å². The van der Waals surface area contributed by atoms with Crippen molar-refractivity contribution >= 4 is 11.6 Å². The molecule has 1 heterocycles. The van der Waals surface area contributed by atoms with Gasteiger partial charge in [0.1, 0.15) is 5.75 Å². The number of para-hydroxylation sites is 1. The fourth-order valence-electron chi connectivity index (χ4n) is 1.23. The number of rotatable bonds is 1. The smallest absolute Gasteiger partial charge is 0.241 e. The second kappa shape index (κ2) is 3.05. The summed E-state index contributed by atoms with van der Waals surface area (Å²) in [6.07, 6.45) is 0. The molecule has 0 aliphatic carbocycles. The molecule has 0 atom stereocenters. The molecule has 0 aliphatic heterocycles. The molecule has 0 spiro atoms. The van der Waals surface area contributed by atoms with Gasteiger partial charge in [-0.25, -0.2) is 4.68 Å². The van der Waals surface area contributed by atoms with E-state index in [9.17, 15) is 5.11 Å². The van der Waals surface area contributed by atoms with Gasteiger partial charge >= 0.3 is 0 Å². The molecule has 7 N–H and O–H groups in total. The summed E-state index contributed by atoms with van der Waals surface area (Å²) in [5, 5.41) is 17.0. The highest BCUT2D eigenvalue weighted by molar-refractivity contribution is 5.73. The van der Waals surface area contributed by atoms with Crippen molar-refractivity contribution in [2.45, 2.75) is 0 Å². The Morgan fingerprint density at radius 3 is 2.53 bits per heavy atom. The maximum atomic E-state index is 9.68. The van der Waals surface area contributed by atoms with Crippen molar-refractivity contribution in [2.24, 2.45) is 0 Å². The maximum absolute atomic E-state index is 9.68. The first-order valence-electron chi connectivity index (χ1n) is 4.15. The normalized spacial score (nSPS) is 10.4. The van der Waals surface area contributed by atoms with Crippen molar-refractivity contribution < 1.29 is 5.11 Å². The van der Waals surface area contributed by atoms with Crippen molar-refractivity contribution in [2.75, 3.05) is 17.3 Å². The molecule has 0 saturated carbocycles. The van der Waals surface area contributed by atoms with E-state index in [1.165, 1.54) is 0 Å². The number of aromatic nitrogens is 3. The van der Waals surface area contributed by atoms with Crippen LogP contribution in [0.4, 0.5) is 11.6 Å². The number of nitrogens with zero attached hydrogens (tertiary/aromatic N) is 3. The van der Waals surface area contributed by atoms with Crippen molar-refractivity contribution in [3.05, 3.63) is 18.2 Å². The Morgan fingerprint density at radius 2 is 1.93 bits per heavy atom. The fraction of sp³-hybridized carbons (Fsp3) is 0. The van der Waals surface area contributed by atoms with Gasteiger partial charge in [-0.15, -0.1) is 10.2 Å². The van der Waals surface area contributed by atoms with E-state index in [2.05, 4.69) is 10.2 Å². The molecule has 7 nitrogen and oxygen atoms in total. The van der Waals surface area contributed by atoms with Gasteiger partial charge in [-0.3, -0.25) is 0 Å². The van der Waals surface area contributed by atoms with Gasteiger partial charge in [0, 0.05) is 0 Å². The third kappa shape index (κ3) is 1.30. The second-order valence-electron chi connectivity index (χ2n) is 3.00. The Morgan fingerprint density at radius 1 is 1.20 bits per heavy atom. The highest BCUT2D eigenvalue weighted by Gasteiger charge is 2.14. The Kier molecular flexibility index (Phi) is 1.86. The van der Waals surface area contributed by atoms with E-state index in [1.807, 2.05) is 0 Å². The van der Waals surface area contributed by atoms with E-state index in [-0.39, 0.29) is 23.2 Å². The predicted octanol–water partition coefficient (Wildman–Crippen LogP) is -0.471. The molecule has 1 aromatic heterocycles. The van der Waals surface area contributed by atoms with Crippen LogP contribution in [0.3, 0.4) is 0 Å². The molecule has 0 aliphatic rings. The van der Waals surface area contributed by atoms with E-state index in [4.69, 9.17) is 17.3 Å². The zero-order valence-corrected chi connectivity index (χ0v) is 7.75. The highest BCUT2D eigenvalue weighted by atomic mass is 16.3. The van der Waals surface area contributed by atoms with E-state index in [0.29, 0.717) is 5.56 Å². The topological polar surface area (TPSA) is 129 Å². The van der Waals surface area contributed by atoms with Crippen LogP contribution in [0.15, 0.2) is 18.2 Å². The number of hydrogen-bond acceptors (Lipinski definition) is 6. The van der Waals surface area contributed by atoms with E-state index in [0.717, 1.165) is 4.68 Å². The summed E-state index contributed by atoms with van der Waals surface area (Å²) >= 11 is 0. The summed E-state index contributed by atoms with van der Waals surface area (Å²) in [6.45, 7) is 0. The lowest BCUT2D eigenvalue weighted by atomic mass is 10.1. The van der Waals surface area contributed by atoms with Gasteiger partial charge in [0.05, 0.1) is 11.3 Å². The van der Waals surface area contributed by atoms with Crippen LogP contribution in [0.25, 0.3) is 11.4 Å². The minimum atomic E-state index is -0.0865. The lowest BCUT2D eigenvalue weighted by Gasteiger charge is -2.05. The molecule has 2 aromatic rings. The number of phenolic OH excluding ortho intramolecular Hbond substituents is 1. The summed E-state index contributed by atoms with van der Waals surface area (Å²) in [6, 6.07) is 4.87. The summed E-state index contributed by atoms with van der Waals surface area (Å²) in [7, 11) is 0. The first-order valence-corrected chi connectivity index (χ1v) is 4.15. The summed E-state index contributed by atoms with van der Waals surface area (Å²) < 4.78 is 1.08. The highest BCUT2D eigenvalue weighted by Crippen LogP contribution is 2.32. The number of benzene rings is 1. The van der Waals surface area contributed by atoms with Crippen LogP contribution in [0, 0.1) is 0 Å². The second-order valence-corrected chi connectivity index (χ2v) is 3.00. The molecule has 0 amide bonds. The number of phenols is 1.